The van der Waals surface area contributed by atoms with Crippen LogP contribution in [-0.4, -0.2) is 35.7 Å². The van der Waals surface area contributed by atoms with Crippen molar-refractivity contribution in [2.45, 2.75) is 18.9 Å². The molecule has 1 fully saturated rings. The summed E-state index contributed by atoms with van der Waals surface area (Å²) < 4.78 is 5.82. The van der Waals surface area contributed by atoms with Gasteiger partial charge in [0.2, 0.25) is 5.91 Å². The molecule has 1 aliphatic rings. The summed E-state index contributed by atoms with van der Waals surface area (Å²) in [5.74, 6) is -0.617. The van der Waals surface area contributed by atoms with Crippen LogP contribution in [0.15, 0.2) is 24.3 Å². The van der Waals surface area contributed by atoms with Crippen LogP contribution in [0.4, 0.5) is 5.69 Å². The van der Waals surface area contributed by atoms with E-state index in [2.05, 4.69) is 10.6 Å². The Morgan fingerprint density at radius 1 is 1.42 bits per heavy atom. The third-order valence-corrected chi connectivity index (χ3v) is 2.89. The number of aliphatic carboxylic acids is 1. The van der Waals surface area contributed by atoms with E-state index in [9.17, 15) is 9.59 Å². The van der Waals surface area contributed by atoms with Gasteiger partial charge in [-0.05, 0) is 12.1 Å². The van der Waals surface area contributed by atoms with Crippen molar-refractivity contribution in [3.63, 3.8) is 0 Å². The molecule has 19 heavy (non-hydrogen) atoms. The summed E-state index contributed by atoms with van der Waals surface area (Å²) in [5.41, 5.74) is -0.188. The largest absolute Gasteiger partial charge is 0.482 e. The van der Waals surface area contributed by atoms with Gasteiger partial charge in [0.15, 0.2) is 0 Å². The molecule has 1 aliphatic heterocycles. The van der Waals surface area contributed by atoms with Crippen LogP contribution >= 0.6 is 0 Å². The van der Waals surface area contributed by atoms with E-state index in [1.807, 2.05) is 0 Å². The lowest BCUT2D eigenvalue weighted by Crippen LogP contribution is -2.64. The fraction of sp³-hybridized carbons (Fsp3) is 0.385. The number of hydrogen-bond donors (Lipinski definition) is 3. The molecule has 0 aliphatic carbocycles. The lowest BCUT2D eigenvalue weighted by Gasteiger charge is -2.41. The highest BCUT2D eigenvalue weighted by Gasteiger charge is 2.42. The Labute approximate surface area is 110 Å². The number of carbonyl (C=O) groups is 2. The first-order chi connectivity index (χ1) is 9.01. The number of ether oxygens (including phenoxy) is 1. The maximum Gasteiger partial charge on any atom is 0.307 e. The van der Waals surface area contributed by atoms with Gasteiger partial charge in [0, 0.05) is 20.0 Å². The van der Waals surface area contributed by atoms with Crippen LogP contribution in [-0.2, 0) is 9.59 Å². The summed E-state index contributed by atoms with van der Waals surface area (Å²) in [6.07, 6.45) is -0.0750. The van der Waals surface area contributed by atoms with Crippen molar-refractivity contribution in [2.24, 2.45) is 0 Å². The highest BCUT2D eigenvalue weighted by Crippen LogP contribution is 2.31. The third-order valence-electron chi connectivity index (χ3n) is 2.89. The van der Waals surface area contributed by atoms with Gasteiger partial charge < -0.3 is 20.5 Å². The molecule has 0 atom stereocenters. The molecule has 3 N–H and O–H groups in total. The van der Waals surface area contributed by atoms with Crippen molar-refractivity contribution in [1.82, 2.24) is 5.32 Å². The van der Waals surface area contributed by atoms with Gasteiger partial charge in [0.05, 0.1) is 12.1 Å². The monoisotopic (exact) mass is 264 g/mol. The molecule has 6 nitrogen and oxygen atoms in total. The van der Waals surface area contributed by atoms with E-state index in [-0.39, 0.29) is 12.3 Å². The zero-order valence-corrected chi connectivity index (χ0v) is 10.6. The molecule has 0 bridgehead atoms. The summed E-state index contributed by atoms with van der Waals surface area (Å²) in [4.78, 5) is 22.0. The Balaban J connectivity index is 2.17. The predicted octanol–water partition coefficient (Wildman–Crippen LogP) is 0.840. The van der Waals surface area contributed by atoms with E-state index in [0.717, 1.165) is 0 Å². The third kappa shape index (κ3) is 3.23. The van der Waals surface area contributed by atoms with Crippen molar-refractivity contribution in [3.8, 4) is 5.75 Å². The molecule has 0 saturated carbocycles. The Morgan fingerprint density at radius 2 is 2.11 bits per heavy atom. The van der Waals surface area contributed by atoms with E-state index in [1.54, 1.807) is 24.3 Å². The molecule has 0 unspecified atom stereocenters. The van der Waals surface area contributed by atoms with E-state index in [1.165, 1.54) is 6.92 Å². The zero-order chi connectivity index (χ0) is 13.9. The number of benzene rings is 1. The molecular formula is C13H16N2O4. The maximum atomic E-state index is 11.1. The molecule has 0 radical (unpaired) electrons. The molecule has 0 spiro atoms. The molecule has 102 valence electrons. The van der Waals surface area contributed by atoms with E-state index in [0.29, 0.717) is 24.5 Å². The number of rotatable bonds is 5. The van der Waals surface area contributed by atoms with Crippen LogP contribution in [0.5, 0.6) is 5.75 Å². The fourth-order valence-electron chi connectivity index (χ4n) is 1.99. The van der Waals surface area contributed by atoms with Gasteiger partial charge in [-0.25, -0.2) is 0 Å². The summed E-state index contributed by atoms with van der Waals surface area (Å²) in [6.45, 7) is 2.37. The number of anilines is 1. The molecular weight excluding hydrogens is 248 g/mol. The molecule has 1 saturated heterocycles. The average Bonchev–Trinajstić information content (AvgIpc) is 2.27. The Morgan fingerprint density at radius 3 is 2.63 bits per heavy atom. The lowest BCUT2D eigenvalue weighted by molar-refractivity contribution is -0.143. The van der Waals surface area contributed by atoms with Gasteiger partial charge in [-0.2, -0.15) is 0 Å². The van der Waals surface area contributed by atoms with Crippen LogP contribution in [0, 0.1) is 0 Å². The number of carbonyl (C=O) groups excluding carboxylic acids is 1. The number of amides is 1. The number of para-hydroxylation sites is 2. The Hall–Kier alpha value is -2.08. The zero-order valence-electron chi connectivity index (χ0n) is 10.6. The highest BCUT2D eigenvalue weighted by atomic mass is 16.5. The van der Waals surface area contributed by atoms with Crippen LogP contribution in [0.1, 0.15) is 13.3 Å². The number of hydrogen-bond acceptors (Lipinski definition) is 4. The topological polar surface area (TPSA) is 87.7 Å². The van der Waals surface area contributed by atoms with E-state index in [4.69, 9.17) is 9.84 Å². The van der Waals surface area contributed by atoms with Crippen LogP contribution < -0.4 is 15.4 Å². The summed E-state index contributed by atoms with van der Waals surface area (Å²) >= 11 is 0. The molecule has 1 heterocycles. The Kier molecular flexibility index (Phi) is 3.71. The van der Waals surface area contributed by atoms with Gasteiger partial charge in [0.25, 0.3) is 0 Å². The number of carboxylic acid groups (broad SMARTS) is 1. The molecule has 1 aromatic rings. The van der Waals surface area contributed by atoms with Crippen molar-refractivity contribution < 1.29 is 19.4 Å². The SMILES string of the molecule is CC(=O)Nc1ccccc1OC1(CC(=O)O)CNC1. The molecule has 2 rings (SSSR count). The average molecular weight is 264 g/mol. The maximum absolute atomic E-state index is 11.1. The van der Waals surface area contributed by atoms with Crippen molar-refractivity contribution in [1.29, 1.82) is 0 Å². The predicted molar refractivity (Wildman–Crippen MR) is 69.2 cm³/mol. The van der Waals surface area contributed by atoms with Gasteiger partial charge in [-0.1, -0.05) is 12.1 Å². The minimum absolute atomic E-state index is 0.0750. The number of nitrogens with one attached hydrogen (secondary N) is 2. The van der Waals surface area contributed by atoms with E-state index >= 15 is 0 Å². The van der Waals surface area contributed by atoms with Crippen LogP contribution in [0.2, 0.25) is 0 Å². The minimum Gasteiger partial charge on any atom is -0.482 e. The van der Waals surface area contributed by atoms with Crippen LogP contribution in [0.25, 0.3) is 0 Å². The smallest absolute Gasteiger partial charge is 0.307 e. The number of carboxylic acids is 1. The van der Waals surface area contributed by atoms with E-state index < -0.39 is 11.6 Å². The summed E-state index contributed by atoms with van der Waals surface area (Å²) in [6, 6.07) is 6.99. The fourth-order valence-corrected chi connectivity index (χ4v) is 1.99. The molecule has 6 heteroatoms. The lowest BCUT2D eigenvalue weighted by atomic mass is 9.92. The summed E-state index contributed by atoms with van der Waals surface area (Å²) in [7, 11) is 0. The van der Waals surface area contributed by atoms with Crippen molar-refractivity contribution in [2.75, 3.05) is 18.4 Å². The molecule has 1 amide bonds. The van der Waals surface area contributed by atoms with Gasteiger partial charge >= 0.3 is 5.97 Å². The second-order valence-electron chi connectivity index (χ2n) is 4.64. The first-order valence-corrected chi connectivity index (χ1v) is 5.99. The first kappa shape index (κ1) is 13.4. The van der Waals surface area contributed by atoms with Gasteiger partial charge in [-0.3, -0.25) is 9.59 Å². The second kappa shape index (κ2) is 5.27. The quantitative estimate of drug-likeness (QED) is 0.733. The standard InChI is InChI=1S/C13H16N2O4/c1-9(16)15-10-4-2-3-5-11(10)19-13(6-12(17)18)7-14-8-13/h2-5,14H,6-8H2,1H3,(H,15,16)(H,17,18). The second-order valence-corrected chi connectivity index (χ2v) is 4.64. The summed E-state index contributed by atoms with van der Waals surface area (Å²) in [5, 5.41) is 14.6. The first-order valence-electron chi connectivity index (χ1n) is 5.99. The molecule has 0 aromatic heterocycles. The van der Waals surface area contributed by atoms with Crippen LogP contribution in [0.3, 0.4) is 0 Å². The normalized spacial score (nSPS) is 16.3. The van der Waals surface area contributed by atoms with Gasteiger partial charge in [-0.15, -0.1) is 0 Å². The van der Waals surface area contributed by atoms with Crippen molar-refractivity contribution in [3.05, 3.63) is 24.3 Å². The molecule has 1 aromatic carbocycles. The Bertz CT molecular complexity index is 497. The van der Waals surface area contributed by atoms with Gasteiger partial charge in [0.1, 0.15) is 11.4 Å². The minimum atomic E-state index is -0.904. The highest BCUT2D eigenvalue weighted by molar-refractivity contribution is 5.90. The van der Waals surface area contributed by atoms with Crippen molar-refractivity contribution >= 4 is 17.6 Å².